The van der Waals surface area contributed by atoms with Crippen molar-refractivity contribution >= 4 is 29.5 Å². The van der Waals surface area contributed by atoms with Crippen molar-refractivity contribution in [2.24, 2.45) is 4.99 Å². The first kappa shape index (κ1) is 35.5. The Balaban J connectivity index is 1.70. The molecule has 1 fully saturated rings. The molecule has 5 rings (SSSR count). The highest BCUT2D eigenvalue weighted by Crippen LogP contribution is 2.43. The molecule has 2 aliphatic heterocycles. The molecule has 3 aromatic rings. The monoisotopic (exact) mass is 674 g/mol. The fourth-order valence-corrected chi connectivity index (χ4v) is 6.05. The number of nitrogens with zero attached hydrogens (tertiary/aromatic N) is 6. The number of ether oxygens (including phenoxy) is 2. The number of anilines is 2. The number of benzene rings is 1. The number of fused-ring (bicyclic) bond motifs is 1. The van der Waals surface area contributed by atoms with Crippen molar-refractivity contribution in [2.75, 3.05) is 31.1 Å². The third-order valence-corrected chi connectivity index (χ3v) is 8.13. The number of carbonyl (C=O) groups excluding carboxylic acids is 1. The van der Waals surface area contributed by atoms with Crippen LogP contribution >= 0.6 is 0 Å². The number of piperazine rings is 1. The van der Waals surface area contributed by atoms with Gasteiger partial charge in [0.1, 0.15) is 41.1 Å². The minimum Gasteiger partial charge on any atom is -0.489 e. The molecule has 1 unspecified atom stereocenters. The average molecular weight is 675 g/mol. The van der Waals surface area contributed by atoms with Gasteiger partial charge in [0.15, 0.2) is 5.82 Å². The van der Waals surface area contributed by atoms with Crippen molar-refractivity contribution in [3.63, 3.8) is 0 Å². The molecule has 0 radical (unpaired) electrons. The molecular formula is C37H44F2N6O4. The molecule has 1 amide bonds. The van der Waals surface area contributed by atoms with Crippen molar-refractivity contribution in [3.05, 3.63) is 83.7 Å². The van der Waals surface area contributed by atoms with Crippen LogP contribution in [0.4, 0.5) is 25.1 Å². The van der Waals surface area contributed by atoms with Crippen molar-refractivity contribution in [1.29, 1.82) is 0 Å². The minimum absolute atomic E-state index is 0.0674. The number of carbonyl (C=O) groups is 1. The SMILES string of the molecule is C=CCOc1cccc(F)c1-c1nc2c(cc1F)C(N1CCN(C(=O)OC(C)(C)C)C[C@@H]1C)=NC(O)N2c1c(/C=C/C)ccnc1C(C)C. The highest BCUT2D eigenvalue weighted by molar-refractivity contribution is 6.06. The van der Waals surface area contributed by atoms with Gasteiger partial charge in [-0.3, -0.25) is 9.88 Å². The highest BCUT2D eigenvalue weighted by Gasteiger charge is 2.39. The molecule has 2 atom stereocenters. The summed E-state index contributed by atoms with van der Waals surface area (Å²) in [6, 6.07) is 7.02. The number of aliphatic hydroxyl groups is 1. The maximum absolute atomic E-state index is 16.4. The number of amides is 1. The van der Waals surface area contributed by atoms with E-state index in [4.69, 9.17) is 19.5 Å². The molecule has 1 aromatic carbocycles. The number of pyridine rings is 2. The minimum atomic E-state index is -1.51. The van der Waals surface area contributed by atoms with Gasteiger partial charge in [-0.25, -0.2) is 23.6 Å². The molecule has 2 aliphatic rings. The highest BCUT2D eigenvalue weighted by atomic mass is 19.1. The van der Waals surface area contributed by atoms with E-state index in [0.29, 0.717) is 42.4 Å². The third kappa shape index (κ3) is 7.29. The average Bonchev–Trinajstić information content (AvgIpc) is 3.03. The van der Waals surface area contributed by atoms with Crippen LogP contribution in [0.3, 0.4) is 0 Å². The largest absolute Gasteiger partial charge is 0.489 e. The predicted octanol–water partition coefficient (Wildman–Crippen LogP) is 7.26. The van der Waals surface area contributed by atoms with Gasteiger partial charge in [0.2, 0.25) is 6.35 Å². The molecule has 49 heavy (non-hydrogen) atoms. The number of hydrogen-bond acceptors (Lipinski definition) is 9. The van der Waals surface area contributed by atoms with E-state index in [1.165, 1.54) is 35.2 Å². The first-order valence-corrected chi connectivity index (χ1v) is 16.4. The van der Waals surface area contributed by atoms with Crippen molar-refractivity contribution < 1.29 is 28.2 Å². The molecule has 10 nitrogen and oxygen atoms in total. The quantitative estimate of drug-likeness (QED) is 0.261. The lowest BCUT2D eigenvalue weighted by Gasteiger charge is -2.44. The van der Waals surface area contributed by atoms with Crippen LogP contribution < -0.4 is 9.64 Å². The summed E-state index contributed by atoms with van der Waals surface area (Å²) in [6.45, 7) is 17.9. The summed E-state index contributed by atoms with van der Waals surface area (Å²) in [7, 11) is 0. The van der Waals surface area contributed by atoms with Crippen LogP contribution in [0.25, 0.3) is 17.3 Å². The Kier molecular flexibility index (Phi) is 10.4. The molecule has 260 valence electrons. The van der Waals surface area contributed by atoms with Crippen molar-refractivity contribution in [3.8, 4) is 17.0 Å². The van der Waals surface area contributed by atoms with Crippen LogP contribution in [0.1, 0.15) is 71.2 Å². The van der Waals surface area contributed by atoms with Crippen LogP contribution in [-0.4, -0.2) is 81.0 Å². The van der Waals surface area contributed by atoms with E-state index < -0.39 is 29.7 Å². The topological polar surface area (TPSA) is 104 Å². The smallest absolute Gasteiger partial charge is 0.410 e. The van der Waals surface area contributed by atoms with E-state index in [1.54, 1.807) is 11.1 Å². The molecule has 12 heteroatoms. The van der Waals surface area contributed by atoms with Gasteiger partial charge in [-0.1, -0.05) is 44.7 Å². The Labute approximate surface area is 286 Å². The Morgan fingerprint density at radius 1 is 1.18 bits per heavy atom. The zero-order chi connectivity index (χ0) is 35.6. The number of halogens is 2. The second-order valence-corrected chi connectivity index (χ2v) is 13.3. The number of allylic oxidation sites excluding steroid dienone is 1. The van der Waals surface area contributed by atoms with Gasteiger partial charge in [0.05, 0.1) is 22.5 Å². The second-order valence-electron chi connectivity index (χ2n) is 13.3. The predicted molar refractivity (Wildman–Crippen MR) is 187 cm³/mol. The lowest BCUT2D eigenvalue weighted by Crippen LogP contribution is -2.57. The van der Waals surface area contributed by atoms with Crippen LogP contribution in [-0.2, 0) is 4.74 Å². The van der Waals surface area contributed by atoms with E-state index in [2.05, 4.69) is 11.6 Å². The van der Waals surface area contributed by atoms with Crippen molar-refractivity contribution in [1.82, 2.24) is 19.8 Å². The summed E-state index contributed by atoms with van der Waals surface area (Å²) < 4.78 is 43.3. The van der Waals surface area contributed by atoms with Gasteiger partial charge in [-0.2, -0.15) is 0 Å². The van der Waals surface area contributed by atoms with Crippen LogP contribution in [0.5, 0.6) is 5.75 Å². The molecule has 1 N–H and O–H groups in total. The molecule has 0 spiro atoms. The van der Waals surface area contributed by atoms with E-state index in [-0.39, 0.29) is 41.4 Å². The summed E-state index contributed by atoms with van der Waals surface area (Å²) in [4.78, 5) is 32.1. The summed E-state index contributed by atoms with van der Waals surface area (Å²) >= 11 is 0. The maximum atomic E-state index is 16.4. The lowest BCUT2D eigenvalue weighted by atomic mass is 10.00. The lowest BCUT2D eigenvalue weighted by molar-refractivity contribution is 0.0132. The van der Waals surface area contributed by atoms with Gasteiger partial charge in [0, 0.05) is 37.4 Å². The van der Waals surface area contributed by atoms with Gasteiger partial charge in [-0.05, 0) is 64.8 Å². The Bertz CT molecular complexity index is 1790. The van der Waals surface area contributed by atoms with E-state index in [1.807, 2.05) is 71.6 Å². The number of aromatic nitrogens is 2. The van der Waals surface area contributed by atoms with Crippen molar-refractivity contribution in [2.45, 2.75) is 72.4 Å². The summed E-state index contributed by atoms with van der Waals surface area (Å²) in [5.41, 5.74) is 1.12. The molecule has 4 heterocycles. The standard InChI is InChI=1S/C37H44F2N6O4/c1-9-12-24-15-16-40-30(22(3)4)32(24)45-34-25(20-27(39)31(41-34)29-26(38)13-11-14-28(29)48-19-10-2)33(42-35(45)46)44-18-17-43(21-23(44)5)36(47)49-37(6,7)8/h9-16,20,22-23,35,46H,2,17-19,21H2,1,3-8H3/b12-9+/t23-,35?/m0/s1. The fourth-order valence-electron chi connectivity index (χ4n) is 6.05. The van der Waals surface area contributed by atoms with Gasteiger partial charge in [-0.15, -0.1) is 0 Å². The zero-order valence-corrected chi connectivity index (χ0v) is 29.1. The number of aliphatic imine (C=N–C) groups is 1. The summed E-state index contributed by atoms with van der Waals surface area (Å²) in [5.74, 6) is -1.06. The Hall–Kier alpha value is -4.84. The number of amidine groups is 1. The molecular weight excluding hydrogens is 630 g/mol. The van der Waals surface area contributed by atoms with E-state index in [9.17, 15) is 9.90 Å². The molecule has 0 aliphatic carbocycles. The Morgan fingerprint density at radius 2 is 1.94 bits per heavy atom. The third-order valence-electron chi connectivity index (χ3n) is 8.13. The van der Waals surface area contributed by atoms with Gasteiger partial charge < -0.3 is 24.4 Å². The van der Waals surface area contributed by atoms with E-state index >= 15 is 8.78 Å². The molecule has 0 saturated carbocycles. The van der Waals surface area contributed by atoms with Crippen LogP contribution in [0, 0.1) is 11.6 Å². The number of aliphatic hydroxyl groups excluding tert-OH is 1. The van der Waals surface area contributed by atoms with E-state index in [0.717, 1.165) is 5.56 Å². The van der Waals surface area contributed by atoms with Gasteiger partial charge >= 0.3 is 6.09 Å². The fraction of sp³-hybridized carbons (Fsp3) is 0.405. The van der Waals surface area contributed by atoms with Crippen LogP contribution in [0.2, 0.25) is 0 Å². The van der Waals surface area contributed by atoms with Crippen LogP contribution in [0.15, 0.2) is 60.3 Å². The first-order valence-electron chi connectivity index (χ1n) is 16.4. The summed E-state index contributed by atoms with van der Waals surface area (Å²) in [6.07, 6.45) is 5.02. The maximum Gasteiger partial charge on any atom is 0.410 e. The molecule has 0 bridgehead atoms. The number of rotatable bonds is 7. The Morgan fingerprint density at radius 3 is 2.59 bits per heavy atom. The number of hydrogen-bond donors (Lipinski definition) is 1. The molecule has 2 aromatic heterocycles. The van der Waals surface area contributed by atoms with Gasteiger partial charge in [0.25, 0.3) is 0 Å². The second kappa shape index (κ2) is 14.3. The first-order chi connectivity index (χ1) is 23.2. The normalized spacial score (nSPS) is 18.1. The summed E-state index contributed by atoms with van der Waals surface area (Å²) in [5, 5.41) is 11.9. The zero-order valence-electron chi connectivity index (χ0n) is 29.1. The molecule has 1 saturated heterocycles.